The lowest BCUT2D eigenvalue weighted by atomic mass is 9.33. The van der Waals surface area contributed by atoms with Gasteiger partial charge in [0.1, 0.15) is 6.10 Å². The smallest absolute Gasteiger partial charge is 0.310 e. The zero-order valence-corrected chi connectivity index (χ0v) is 24.4. The Bertz CT molecular complexity index is 1030. The van der Waals surface area contributed by atoms with E-state index in [-0.39, 0.29) is 51.0 Å². The third-order valence-corrected chi connectivity index (χ3v) is 13.2. The maximum atomic E-state index is 12.9. The van der Waals surface area contributed by atoms with Crippen LogP contribution in [0, 0.1) is 50.2 Å². The van der Waals surface area contributed by atoms with Crippen LogP contribution in [0.2, 0.25) is 0 Å². The van der Waals surface area contributed by atoms with Crippen molar-refractivity contribution in [3.63, 3.8) is 0 Å². The molecule has 0 heterocycles. The third-order valence-electron chi connectivity index (χ3n) is 13.2. The molecule has 0 aromatic heterocycles. The van der Waals surface area contributed by atoms with Crippen molar-refractivity contribution in [1.29, 1.82) is 0 Å². The Labute approximate surface area is 223 Å². The van der Waals surface area contributed by atoms with E-state index in [2.05, 4.69) is 54.5 Å². The summed E-state index contributed by atoms with van der Waals surface area (Å²) in [6, 6.07) is 0. The maximum Gasteiger partial charge on any atom is 0.310 e. The SMILES string of the molecule is CC(=O)OC1CC2(C)C(CC=C3C4CC(C)(C)CCC4(C(=O)O)CCC32C)C2(C)CCC(O)C(C)(C)C12. The van der Waals surface area contributed by atoms with Gasteiger partial charge in [-0.3, -0.25) is 9.59 Å². The Hall–Kier alpha value is -1.36. The minimum absolute atomic E-state index is 0.0626. The topological polar surface area (TPSA) is 83.8 Å². The van der Waals surface area contributed by atoms with E-state index in [0.717, 1.165) is 57.8 Å². The number of carboxylic acids is 1. The lowest BCUT2D eigenvalue weighted by Gasteiger charge is -2.72. The zero-order valence-electron chi connectivity index (χ0n) is 24.4. The van der Waals surface area contributed by atoms with E-state index in [4.69, 9.17) is 4.74 Å². The standard InChI is InChI=1S/C32H50O5/c1-19(33)37-22-18-31(8)23(29(6)12-11-24(34)28(4,5)25(22)29)10-9-20-21-17-27(2,3)13-15-32(21,26(35)36)16-14-30(20,31)7/h9,21-25,34H,10-18H2,1-8H3,(H,35,36). The second kappa shape index (κ2) is 8.08. The van der Waals surface area contributed by atoms with Crippen LogP contribution in [0.3, 0.4) is 0 Å². The molecule has 9 atom stereocenters. The van der Waals surface area contributed by atoms with E-state index < -0.39 is 17.5 Å². The van der Waals surface area contributed by atoms with Crippen LogP contribution in [-0.2, 0) is 14.3 Å². The first-order valence-electron chi connectivity index (χ1n) is 14.7. The highest BCUT2D eigenvalue weighted by molar-refractivity contribution is 5.76. The van der Waals surface area contributed by atoms with Crippen LogP contribution < -0.4 is 0 Å². The van der Waals surface area contributed by atoms with E-state index >= 15 is 0 Å². The molecule has 5 rings (SSSR count). The van der Waals surface area contributed by atoms with Gasteiger partial charge >= 0.3 is 11.9 Å². The van der Waals surface area contributed by atoms with E-state index in [9.17, 15) is 19.8 Å². The number of carbonyl (C=O) groups excluding carboxylic acids is 1. The predicted molar refractivity (Wildman–Crippen MR) is 144 cm³/mol. The van der Waals surface area contributed by atoms with Gasteiger partial charge in [-0.05, 0) is 96.7 Å². The Morgan fingerprint density at radius 2 is 1.59 bits per heavy atom. The van der Waals surface area contributed by atoms with Gasteiger partial charge in [0.2, 0.25) is 0 Å². The Morgan fingerprint density at radius 1 is 0.946 bits per heavy atom. The van der Waals surface area contributed by atoms with Gasteiger partial charge in [0, 0.05) is 12.8 Å². The van der Waals surface area contributed by atoms with Crippen molar-refractivity contribution >= 4 is 11.9 Å². The highest BCUT2D eigenvalue weighted by Gasteiger charge is 2.71. The molecule has 37 heavy (non-hydrogen) atoms. The first-order chi connectivity index (χ1) is 16.9. The maximum absolute atomic E-state index is 12.9. The molecule has 4 fully saturated rings. The molecule has 0 aromatic carbocycles. The molecule has 5 heteroatoms. The van der Waals surface area contributed by atoms with Crippen LogP contribution in [0.4, 0.5) is 0 Å². The normalized spacial score (nSPS) is 49.9. The zero-order chi connectivity index (χ0) is 27.4. The number of aliphatic carboxylic acids is 1. The molecule has 0 spiro atoms. The quantitative estimate of drug-likeness (QED) is 0.314. The van der Waals surface area contributed by atoms with E-state index in [1.54, 1.807) is 0 Å². The summed E-state index contributed by atoms with van der Waals surface area (Å²) < 4.78 is 6.18. The molecule has 0 aromatic rings. The summed E-state index contributed by atoms with van der Waals surface area (Å²) in [6.07, 6.45) is 9.47. The van der Waals surface area contributed by atoms with Crippen LogP contribution in [-0.4, -0.2) is 34.4 Å². The Balaban J connectivity index is 1.65. The molecule has 5 aliphatic rings. The number of hydrogen-bond donors (Lipinski definition) is 2. The first-order valence-corrected chi connectivity index (χ1v) is 14.7. The summed E-state index contributed by atoms with van der Waals surface area (Å²) in [5.74, 6) is -0.317. The van der Waals surface area contributed by atoms with Crippen molar-refractivity contribution in [3.05, 3.63) is 11.6 Å². The number of allylic oxidation sites excluding steroid dienone is 2. The van der Waals surface area contributed by atoms with Crippen molar-refractivity contribution in [3.8, 4) is 0 Å². The lowest BCUT2D eigenvalue weighted by Crippen LogP contribution is -2.68. The van der Waals surface area contributed by atoms with Gasteiger partial charge in [-0.25, -0.2) is 0 Å². The van der Waals surface area contributed by atoms with Crippen molar-refractivity contribution < 1.29 is 24.5 Å². The molecule has 0 aliphatic heterocycles. The van der Waals surface area contributed by atoms with Crippen molar-refractivity contribution in [2.75, 3.05) is 0 Å². The van der Waals surface area contributed by atoms with E-state index in [1.165, 1.54) is 12.5 Å². The van der Waals surface area contributed by atoms with Crippen molar-refractivity contribution in [2.45, 2.75) is 125 Å². The molecule has 4 saturated carbocycles. The number of aliphatic hydroxyl groups is 1. The summed E-state index contributed by atoms with van der Waals surface area (Å²) in [4.78, 5) is 25.3. The van der Waals surface area contributed by atoms with E-state index in [0.29, 0.717) is 5.92 Å². The summed E-state index contributed by atoms with van der Waals surface area (Å²) in [5, 5.41) is 21.7. The first kappa shape index (κ1) is 27.2. The minimum Gasteiger partial charge on any atom is -0.481 e. The number of carbonyl (C=O) groups is 2. The molecule has 0 bridgehead atoms. The van der Waals surface area contributed by atoms with E-state index in [1.807, 2.05) is 0 Å². The molecule has 9 unspecified atom stereocenters. The molecular weight excluding hydrogens is 464 g/mol. The second-order valence-electron chi connectivity index (χ2n) is 15.8. The molecule has 5 aliphatic carbocycles. The number of fused-ring (bicyclic) bond motifs is 7. The number of rotatable bonds is 2. The largest absolute Gasteiger partial charge is 0.481 e. The molecule has 0 saturated heterocycles. The number of esters is 1. The number of carboxylic acid groups (broad SMARTS) is 1. The molecular formula is C32H50O5. The number of ether oxygens (including phenoxy) is 1. The predicted octanol–water partition coefficient (Wildman–Crippen LogP) is 6.78. The monoisotopic (exact) mass is 514 g/mol. The molecule has 208 valence electrons. The van der Waals surface area contributed by atoms with Crippen LogP contribution in [0.1, 0.15) is 113 Å². The van der Waals surface area contributed by atoms with Gasteiger partial charge < -0.3 is 14.9 Å². The molecule has 0 amide bonds. The summed E-state index contributed by atoms with van der Waals surface area (Å²) in [6.45, 7) is 17.7. The fourth-order valence-corrected chi connectivity index (χ4v) is 11.1. The van der Waals surface area contributed by atoms with Gasteiger partial charge in [-0.15, -0.1) is 0 Å². The van der Waals surface area contributed by atoms with Gasteiger partial charge in [-0.1, -0.05) is 60.1 Å². The Kier molecular flexibility index (Phi) is 5.95. The van der Waals surface area contributed by atoms with Gasteiger partial charge in [-0.2, -0.15) is 0 Å². The lowest BCUT2D eigenvalue weighted by molar-refractivity contribution is -0.248. The van der Waals surface area contributed by atoms with Crippen LogP contribution in [0.25, 0.3) is 0 Å². The number of aliphatic hydroxyl groups excluding tert-OH is 1. The fraction of sp³-hybridized carbons (Fsp3) is 0.875. The van der Waals surface area contributed by atoms with Crippen LogP contribution in [0.5, 0.6) is 0 Å². The van der Waals surface area contributed by atoms with Gasteiger partial charge in [0.05, 0.1) is 11.5 Å². The highest BCUT2D eigenvalue weighted by atomic mass is 16.5. The average molecular weight is 515 g/mol. The Morgan fingerprint density at radius 3 is 2.22 bits per heavy atom. The van der Waals surface area contributed by atoms with Crippen molar-refractivity contribution in [2.24, 2.45) is 50.2 Å². The minimum atomic E-state index is -0.655. The molecule has 0 radical (unpaired) electrons. The summed E-state index contributed by atoms with van der Waals surface area (Å²) >= 11 is 0. The van der Waals surface area contributed by atoms with Gasteiger partial charge in [0.15, 0.2) is 0 Å². The second-order valence-corrected chi connectivity index (χ2v) is 15.8. The van der Waals surface area contributed by atoms with Crippen LogP contribution >= 0.6 is 0 Å². The molecule has 5 nitrogen and oxygen atoms in total. The number of hydrogen-bond acceptors (Lipinski definition) is 4. The summed E-state index contributed by atoms with van der Waals surface area (Å²) in [5.41, 5.74) is 0.176. The fourth-order valence-electron chi connectivity index (χ4n) is 11.1. The van der Waals surface area contributed by atoms with Crippen molar-refractivity contribution in [1.82, 2.24) is 0 Å². The average Bonchev–Trinajstić information content (AvgIpc) is 2.76. The molecule has 2 N–H and O–H groups in total. The van der Waals surface area contributed by atoms with Crippen LogP contribution in [0.15, 0.2) is 11.6 Å². The summed E-state index contributed by atoms with van der Waals surface area (Å²) in [7, 11) is 0. The highest BCUT2D eigenvalue weighted by Crippen LogP contribution is 2.76. The van der Waals surface area contributed by atoms with Gasteiger partial charge in [0.25, 0.3) is 0 Å². The third kappa shape index (κ3) is 3.50.